The Balaban J connectivity index is 2.03. The molecule has 1 aromatic heterocycles. The van der Waals surface area contributed by atoms with E-state index in [0.29, 0.717) is 16.5 Å². The SMILES string of the molecule is Cc1cc(Cl)ccc1NC(=O)Nc1ccon1. The van der Waals surface area contributed by atoms with Crippen molar-refractivity contribution in [3.8, 4) is 0 Å². The van der Waals surface area contributed by atoms with E-state index in [0.717, 1.165) is 5.56 Å². The second-order valence-corrected chi connectivity index (χ2v) is 3.86. The Bertz CT molecular complexity index is 526. The first kappa shape index (κ1) is 11.5. The molecule has 0 unspecified atom stereocenters. The molecule has 2 N–H and O–H groups in total. The van der Waals surface area contributed by atoms with Crippen LogP contribution in [0.4, 0.5) is 16.3 Å². The first-order valence-electron chi connectivity index (χ1n) is 4.90. The summed E-state index contributed by atoms with van der Waals surface area (Å²) in [6, 6.07) is 6.38. The van der Waals surface area contributed by atoms with Gasteiger partial charge in [-0.05, 0) is 30.7 Å². The van der Waals surface area contributed by atoms with Crippen LogP contribution in [0, 0.1) is 6.92 Å². The highest BCUT2D eigenvalue weighted by Crippen LogP contribution is 2.19. The molecule has 0 saturated carbocycles. The van der Waals surface area contributed by atoms with Gasteiger partial charge in [0.05, 0.1) is 0 Å². The molecular formula is C11H10ClN3O2. The van der Waals surface area contributed by atoms with Crippen LogP contribution in [-0.2, 0) is 0 Å². The Labute approximate surface area is 103 Å². The lowest BCUT2D eigenvalue weighted by Crippen LogP contribution is -2.20. The topological polar surface area (TPSA) is 67.2 Å². The summed E-state index contributed by atoms with van der Waals surface area (Å²) in [5.41, 5.74) is 1.57. The van der Waals surface area contributed by atoms with Crippen molar-refractivity contribution in [2.75, 3.05) is 10.6 Å². The number of amides is 2. The molecular weight excluding hydrogens is 242 g/mol. The zero-order chi connectivity index (χ0) is 12.3. The molecule has 0 radical (unpaired) electrons. The normalized spacial score (nSPS) is 10.0. The van der Waals surface area contributed by atoms with Crippen LogP contribution >= 0.6 is 11.6 Å². The fourth-order valence-corrected chi connectivity index (χ4v) is 1.54. The highest BCUT2D eigenvalue weighted by Gasteiger charge is 2.06. The first-order chi connectivity index (χ1) is 8.15. The number of rotatable bonds is 2. The summed E-state index contributed by atoms with van der Waals surface area (Å²) >= 11 is 5.82. The van der Waals surface area contributed by atoms with Crippen molar-refractivity contribution in [1.29, 1.82) is 0 Å². The van der Waals surface area contributed by atoms with E-state index in [9.17, 15) is 4.79 Å². The number of aryl methyl sites for hydroxylation is 1. The van der Waals surface area contributed by atoms with Crippen LogP contribution < -0.4 is 10.6 Å². The fourth-order valence-electron chi connectivity index (χ4n) is 1.31. The molecule has 0 aliphatic heterocycles. The van der Waals surface area contributed by atoms with Gasteiger partial charge in [-0.2, -0.15) is 0 Å². The van der Waals surface area contributed by atoms with Crippen molar-refractivity contribution in [2.24, 2.45) is 0 Å². The van der Waals surface area contributed by atoms with Gasteiger partial charge in [0, 0.05) is 16.8 Å². The van der Waals surface area contributed by atoms with Crippen LogP contribution in [0.5, 0.6) is 0 Å². The van der Waals surface area contributed by atoms with Gasteiger partial charge < -0.3 is 9.84 Å². The molecule has 2 amide bonds. The van der Waals surface area contributed by atoms with E-state index in [-0.39, 0.29) is 6.03 Å². The highest BCUT2D eigenvalue weighted by molar-refractivity contribution is 6.30. The zero-order valence-corrected chi connectivity index (χ0v) is 9.78. The minimum atomic E-state index is -0.385. The van der Waals surface area contributed by atoms with Crippen molar-refractivity contribution >= 4 is 29.1 Å². The van der Waals surface area contributed by atoms with Crippen molar-refractivity contribution in [2.45, 2.75) is 6.92 Å². The van der Waals surface area contributed by atoms with Crippen LogP contribution in [0.25, 0.3) is 0 Å². The molecule has 0 bridgehead atoms. The summed E-state index contributed by atoms with van der Waals surface area (Å²) in [4.78, 5) is 11.6. The zero-order valence-electron chi connectivity index (χ0n) is 9.03. The lowest BCUT2D eigenvalue weighted by Gasteiger charge is -2.08. The third-order valence-electron chi connectivity index (χ3n) is 2.12. The van der Waals surface area contributed by atoms with Gasteiger partial charge in [0.2, 0.25) is 0 Å². The maximum absolute atomic E-state index is 11.6. The van der Waals surface area contributed by atoms with Gasteiger partial charge in [0.15, 0.2) is 5.82 Å². The number of hydrogen-bond donors (Lipinski definition) is 2. The third kappa shape index (κ3) is 2.98. The maximum atomic E-state index is 11.6. The Morgan fingerprint density at radius 1 is 1.35 bits per heavy atom. The quantitative estimate of drug-likeness (QED) is 0.861. The van der Waals surface area contributed by atoms with Crippen LogP contribution in [-0.4, -0.2) is 11.2 Å². The molecule has 0 aliphatic rings. The van der Waals surface area contributed by atoms with E-state index in [4.69, 9.17) is 11.6 Å². The molecule has 1 heterocycles. The van der Waals surface area contributed by atoms with Crippen LogP contribution in [0.15, 0.2) is 35.1 Å². The van der Waals surface area contributed by atoms with Gasteiger partial charge in [0.25, 0.3) is 0 Å². The first-order valence-corrected chi connectivity index (χ1v) is 5.27. The molecule has 0 saturated heterocycles. The number of benzene rings is 1. The number of aromatic nitrogens is 1. The Morgan fingerprint density at radius 3 is 2.82 bits per heavy atom. The highest BCUT2D eigenvalue weighted by atomic mass is 35.5. The van der Waals surface area contributed by atoms with E-state index in [1.807, 2.05) is 6.92 Å². The lowest BCUT2D eigenvalue weighted by atomic mass is 10.2. The van der Waals surface area contributed by atoms with Crippen LogP contribution in [0.2, 0.25) is 5.02 Å². The lowest BCUT2D eigenvalue weighted by molar-refractivity contribution is 0.262. The number of anilines is 2. The molecule has 5 nitrogen and oxygen atoms in total. The molecule has 0 aliphatic carbocycles. The molecule has 6 heteroatoms. The number of urea groups is 1. The molecule has 0 fully saturated rings. The molecule has 1 aromatic carbocycles. The number of halogens is 1. The average molecular weight is 252 g/mol. The molecule has 88 valence electrons. The maximum Gasteiger partial charge on any atom is 0.324 e. The van der Waals surface area contributed by atoms with Crippen molar-refractivity contribution < 1.29 is 9.32 Å². The van der Waals surface area contributed by atoms with Crippen LogP contribution in [0.1, 0.15) is 5.56 Å². The van der Waals surface area contributed by atoms with E-state index < -0.39 is 0 Å². The Hall–Kier alpha value is -2.01. The molecule has 17 heavy (non-hydrogen) atoms. The van der Waals surface area contributed by atoms with E-state index in [1.54, 1.807) is 24.3 Å². The van der Waals surface area contributed by atoms with Gasteiger partial charge >= 0.3 is 6.03 Å². The summed E-state index contributed by atoms with van der Waals surface area (Å²) in [6.45, 7) is 1.86. The second kappa shape index (κ2) is 4.88. The number of nitrogens with one attached hydrogen (secondary N) is 2. The van der Waals surface area contributed by atoms with Crippen molar-refractivity contribution in [1.82, 2.24) is 5.16 Å². The Kier molecular flexibility index (Phi) is 3.30. The predicted molar refractivity (Wildman–Crippen MR) is 65.3 cm³/mol. The smallest absolute Gasteiger partial charge is 0.324 e. The number of nitrogens with zero attached hydrogens (tertiary/aromatic N) is 1. The summed E-state index contributed by atoms with van der Waals surface area (Å²) in [7, 11) is 0. The Morgan fingerprint density at radius 2 is 2.18 bits per heavy atom. The summed E-state index contributed by atoms with van der Waals surface area (Å²) in [6.07, 6.45) is 1.38. The number of carbonyl (C=O) groups excluding carboxylic acids is 1. The van der Waals surface area contributed by atoms with E-state index >= 15 is 0 Å². The molecule has 0 atom stereocenters. The molecule has 0 spiro atoms. The minimum Gasteiger partial charge on any atom is -0.363 e. The van der Waals surface area contributed by atoms with Gasteiger partial charge in [-0.1, -0.05) is 16.8 Å². The fraction of sp³-hybridized carbons (Fsp3) is 0.0909. The average Bonchev–Trinajstić information content (AvgIpc) is 2.75. The molecule has 2 aromatic rings. The van der Waals surface area contributed by atoms with E-state index in [1.165, 1.54) is 6.26 Å². The molecule has 2 rings (SSSR count). The van der Waals surface area contributed by atoms with Gasteiger partial charge in [0.1, 0.15) is 6.26 Å². The van der Waals surface area contributed by atoms with Crippen molar-refractivity contribution in [3.05, 3.63) is 41.1 Å². The largest absolute Gasteiger partial charge is 0.363 e. The summed E-state index contributed by atoms with van der Waals surface area (Å²) < 4.78 is 4.60. The minimum absolute atomic E-state index is 0.356. The van der Waals surface area contributed by atoms with Gasteiger partial charge in [-0.25, -0.2) is 4.79 Å². The number of hydrogen-bond acceptors (Lipinski definition) is 3. The van der Waals surface area contributed by atoms with Gasteiger partial charge in [-0.15, -0.1) is 0 Å². The monoisotopic (exact) mass is 251 g/mol. The summed E-state index contributed by atoms with van der Waals surface area (Å²) in [5.74, 6) is 0.356. The third-order valence-corrected chi connectivity index (χ3v) is 2.35. The van der Waals surface area contributed by atoms with Crippen molar-refractivity contribution in [3.63, 3.8) is 0 Å². The van der Waals surface area contributed by atoms with Crippen LogP contribution in [0.3, 0.4) is 0 Å². The number of carbonyl (C=O) groups is 1. The van der Waals surface area contributed by atoms with Gasteiger partial charge in [-0.3, -0.25) is 5.32 Å². The van der Waals surface area contributed by atoms with E-state index in [2.05, 4.69) is 20.3 Å². The predicted octanol–water partition coefficient (Wildman–Crippen LogP) is 3.28. The second-order valence-electron chi connectivity index (χ2n) is 3.42. The standard InChI is InChI=1S/C11H10ClN3O2/c1-7-6-8(12)2-3-9(7)13-11(16)14-10-4-5-17-15-10/h2-6H,1H3,(H2,13,14,15,16). The summed E-state index contributed by atoms with van der Waals surface area (Å²) in [5, 5.41) is 9.41.